The minimum absolute atomic E-state index is 0. The average Bonchev–Trinajstić information content (AvgIpc) is 3.36. The van der Waals surface area contributed by atoms with Gasteiger partial charge in [-0.25, -0.2) is 4.98 Å². The predicted molar refractivity (Wildman–Crippen MR) is 118 cm³/mol. The van der Waals surface area contributed by atoms with Crippen molar-refractivity contribution in [1.29, 1.82) is 0 Å². The summed E-state index contributed by atoms with van der Waals surface area (Å²) in [5, 5.41) is 5.26. The highest BCUT2D eigenvalue weighted by Crippen LogP contribution is 2.19. The molecule has 158 valence electrons. The molecule has 0 bridgehead atoms. The van der Waals surface area contributed by atoms with E-state index in [0.717, 1.165) is 55.7 Å². The smallest absolute Gasteiger partial charge is 0.239 e. The van der Waals surface area contributed by atoms with Gasteiger partial charge in [-0.1, -0.05) is 18.2 Å². The molecule has 0 radical (unpaired) electrons. The van der Waals surface area contributed by atoms with Gasteiger partial charge >= 0.3 is 0 Å². The van der Waals surface area contributed by atoms with Gasteiger partial charge < -0.3 is 15.6 Å². The number of aromatic amines is 1. The number of fused-ring (bicyclic) bond motifs is 1. The van der Waals surface area contributed by atoms with Crippen LogP contribution in [0.1, 0.15) is 5.56 Å². The van der Waals surface area contributed by atoms with Crippen molar-refractivity contribution >= 4 is 41.6 Å². The van der Waals surface area contributed by atoms with Crippen molar-refractivity contribution in [3.63, 3.8) is 0 Å². The van der Waals surface area contributed by atoms with Crippen LogP contribution in [0.3, 0.4) is 0 Å². The van der Waals surface area contributed by atoms with Crippen LogP contribution in [0.4, 0.5) is 0 Å². The largest absolute Gasteiger partial charge is 0.361 e. The van der Waals surface area contributed by atoms with Crippen LogP contribution < -0.4 is 5.73 Å². The van der Waals surface area contributed by atoms with Gasteiger partial charge in [-0.3, -0.25) is 14.4 Å². The molecule has 0 unspecified atom stereocenters. The number of para-hydroxylation sites is 1. The van der Waals surface area contributed by atoms with Crippen molar-refractivity contribution in [2.45, 2.75) is 19.0 Å². The molecule has 0 spiro atoms. The van der Waals surface area contributed by atoms with Gasteiger partial charge in [0.05, 0.1) is 12.6 Å². The monoisotopic (exact) mass is 439 g/mol. The predicted octanol–water partition coefficient (Wildman–Crippen LogP) is 1.32. The van der Waals surface area contributed by atoms with Gasteiger partial charge in [0.25, 0.3) is 0 Å². The van der Waals surface area contributed by atoms with Crippen LogP contribution in [0.15, 0.2) is 43.1 Å². The van der Waals surface area contributed by atoms with Crippen molar-refractivity contribution in [1.82, 2.24) is 29.5 Å². The third-order valence-electron chi connectivity index (χ3n) is 5.23. The lowest BCUT2D eigenvalue weighted by atomic mass is 10.0. The molecule has 2 aromatic heterocycles. The van der Waals surface area contributed by atoms with Crippen molar-refractivity contribution in [3.05, 3.63) is 48.7 Å². The van der Waals surface area contributed by atoms with Gasteiger partial charge in [0.1, 0.15) is 12.7 Å². The zero-order valence-corrected chi connectivity index (χ0v) is 17.7. The maximum atomic E-state index is 12.8. The fourth-order valence-corrected chi connectivity index (χ4v) is 3.64. The molecule has 1 fully saturated rings. The second-order valence-electron chi connectivity index (χ2n) is 7.00. The lowest BCUT2D eigenvalue weighted by Gasteiger charge is -2.35. The molecule has 4 rings (SSSR count). The van der Waals surface area contributed by atoms with Gasteiger partial charge in [-0.05, 0) is 18.1 Å². The highest BCUT2D eigenvalue weighted by atomic mass is 35.5. The first-order valence-electron chi connectivity index (χ1n) is 9.35. The fourth-order valence-electron chi connectivity index (χ4n) is 3.64. The summed E-state index contributed by atoms with van der Waals surface area (Å²) in [5.41, 5.74) is 8.42. The highest BCUT2D eigenvalue weighted by molar-refractivity contribution is 5.86. The SMILES string of the molecule is Cl.Cl.N[C@H](Cc1c[nH]c2ccccc12)C(=O)N1CCN(CCn2cncn2)CC1. The first-order chi connectivity index (χ1) is 13.2. The van der Waals surface area contributed by atoms with Crippen LogP contribution >= 0.6 is 24.8 Å². The molecular formula is C19H27Cl2N7O. The van der Waals surface area contributed by atoms with E-state index in [4.69, 9.17) is 5.73 Å². The molecular weight excluding hydrogens is 413 g/mol. The van der Waals surface area contributed by atoms with Crippen molar-refractivity contribution in [2.24, 2.45) is 5.73 Å². The van der Waals surface area contributed by atoms with Crippen LogP contribution in [-0.2, 0) is 17.8 Å². The van der Waals surface area contributed by atoms with Crippen molar-refractivity contribution in [2.75, 3.05) is 32.7 Å². The van der Waals surface area contributed by atoms with Crippen LogP contribution in [0.25, 0.3) is 10.9 Å². The number of H-pyrrole nitrogens is 1. The van der Waals surface area contributed by atoms with E-state index in [2.05, 4.69) is 26.0 Å². The Morgan fingerprint density at radius 3 is 2.62 bits per heavy atom. The van der Waals surface area contributed by atoms with Gasteiger partial charge in [-0.2, -0.15) is 5.10 Å². The lowest BCUT2D eigenvalue weighted by molar-refractivity contribution is -0.134. The number of hydrogen-bond donors (Lipinski definition) is 2. The van der Waals surface area contributed by atoms with Crippen molar-refractivity contribution < 1.29 is 4.79 Å². The highest BCUT2D eigenvalue weighted by Gasteiger charge is 2.25. The van der Waals surface area contributed by atoms with E-state index in [1.807, 2.05) is 34.0 Å². The zero-order chi connectivity index (χ0) is 18.6. The minimum atomic E-state index is -0.508. The Balaban J connectivity index is 0.00000150. The summed E-state index contributed by atoms with van der Waals surface area (Å²) in [6, 6.07) is 7.59. The third-order valence-corrected chi connectivity index (χ3v) is 5.23. The van der Waals surface area contributed by atoms with E-state index in [-0.39, 0.29) is 30.7 Å². The Morgan fingerprint density at radius 1 is 1.14 bits per heavy atom. The van der Waals surface area contributed by atoms with Gasteiger partial charge in [0, 0.05) is 49.8 Å². The molecule has 1 aliphatic heterocycles. The van der Waals surface area contributed by atoms with E-state index in [0.29, 0.717) is 6.42 Å². The maximum absolute atomic E-state index is 12.8. The summed E-state index contributed by atoms with van der Waals surface area (Å²) < 4.78 is 1.83. The normalized spacial score (nSPS) is 15.6. The summed E-state index contributed by atoms with van der Waals surface area (Å²) in [5.74, 6) is 0.0382. The number of nitrogens with one attached hydrogen (secondary N) is 1. The molecule has 1 aromatic carbocycles. The average molecular weight is 440 g/mol. The van der Waals surface area contributed by atoms with Crippen LogP contribution in [0, 0.1) is 0 Å². The van der Waals surface area contributed by atoms with Gasteiger partial charge in [0.15, 0.2) is 0 Å². The zero-order valence-electron chi connectivity index (χ0n) is 16.1. The Bertz CT molecular complexity index is 891. The molecule has 29 heavy (non-hydrogen) atoms. The van der Waals surface area contributed by atoms with Crippen molar-refractivity contribution in [3.8, 4) is 0 Å². The van der Waals surface area contributed by atoms with E-state index in [1.54, 1.807) is 12.7 Å². The number of aromatic nitrogens is 4. The number of hydrogen-bond acceptors (Lipinski definition) is 5. The Morgan fingerprint density at radius 2 is 1.90 bits per heavy atom. The minimum Gasteiger partial charge on any atom is -0.361 e. The molecule has 1 amide bonds. The third kappa shape index (κ3) is 5.48. The number of carbonyl (C=O) groups excluding carboxylic acids is 1. The first-order valence-corrected chi connectivity index (χ1v) is 9.35. The number of nitrogens with zero attached hydrogens (tertiary/aromatic N) is 5. The number of nitrogens with two attached hydrogens (primary N) is 1. The molecule has 1 saturated heterocycles. The molecule has 0 saturated carbocycles. The summed E-state index contributed by atoms with van der Waals surface area (Å²) in [6.45, 7) is 4.89. The van der Waals surface area contributed by atoms with Gasteiger partial charge in [-0.15, -0.1) is 24.8 Å². The van der Waals surface area contributed by atoms with Crippen LogP contribution in [0.2, 0.25) is 0 Å². The first kappa shape index (κ1) is 23.2. The van der Waals surface area contributed by atoms with Gasteiger partial charge in [0.2, 0.25) is 5.91 Å². The summed E-state index contributed by atoms with van der Waals surface area (Å²) >= 11 is 0. The number of halogens is 2. The number of rotatable bonds is 6. The Labute approximate surface area is 182 Å². The Kier molecular flexibility index (Phi) is 8.45. The topological polar surface area (TPSA) is 96.1 Å². The number of benzene rings is 1. The number of carbonyl (C=O) groups is 1. The summed E-state index contributed by atoms with van der Waals surface area (Å²) in [4.78, 5) is 24.2. The number of piperazine rings is 1. The summed E-state index contributed by atoms with van der Waals surface area (Å²) in [7, 11) is 0. The molecule has 3 N–H and O–H groups in total. The molecule has 3 heterocycles. The second kappa shape index (κ2) is 10.6. The van der Waals surface area contributed by atoms with E-state index < -0.39 is 6.04 Å². The maximum Gasteiger partial charge on any atom is 0.239 e. The van der Waals surface area contributed by atoms with Crippen LogP contribution in [0.5, 0.6) is 0 Å². The molecule has 3 aromatic rings. The lowest BCUT2D eigenvalue weighted by Crippen LogP contribution is -2.53. The molecule has 1 aliphatic rings. The number of amides is 1. The fraction of sp³-hybridized carbons (Fsp3) is 0.421. The Hall–Kier alpha value is -2.13. The standard InChI is InChI=1S/C19H25N7O.2ClH/c20-17(11-15-12-22-18-4-2-1-3-16(15)18)19(27)25-8-5-24(6-9-25)7-10-26-14-21-13-23-26;;/h1-4,12-14,17,22H,5-11,20H2;2*1H/t17-;;/m1../s1. The van der Waals surface area contributed by atoms with E-state index >= 15 is 0 Å². The molecule has 10 heteroatoms. The van der Waals surface area contributed by atoms with Crippen LogP contribution in [-0.4, -0.2) is 74.2 Å². The molecule has 0 aliphatic carbocycles. The molecule has 1 atom stereocenters. The quantitative estimate of drug-likeness (QED) is 0.603. The summed E-state index contributed by atoms with van der Waals surface area (Å²) in [6.07, 6.45) is 5.78. The van der Waals surface area contributed by atoms with E-state index in [9.17, 15) is 4.79 Å². The second-order valence-corrected chi connectivity index (χ2v) is 7.00. The molecule has 8 nitrogen and oxygen atoms in total. The van der Waals surface area contributed by atoms with E-state index in [1.165, 1.54) is 0 Å².